The van der Waals surface area contributed by atoms with Crippen LogP contribution < -0.4 is 4.89 Å². The highest BCUT2D eigenvalue weighted by molar-refractivity contribution is 7.45. The van der Waals surface area contributed by atoms with Crippen molar-refractivity contribution in [1.29, 1.82) is 0 Å². The maximum absolute atomic E-state index is 11.5. The highest BCUT2D eigenvalue weighted by atomic mass is 31.2. The lowest BCUT2D eigenvalue weighted by atomic mass is 10.2. The van der Waals surface area contributed by atoms with Crippen molar-refractivity contribution in [2.45, 2.75) is 12.7 Å². The minimum absolute atomic E-state index is 0.0201. The number of aliphatic hydroxyl groups is 1. The smallest absolute Gasteiger partial charge is 0.268 e. The maximum atomic E-state index is 11.5. The van der Waals surface area contributed by atoms with Crippen molar-refractivity contribution in [3.63, 3.8) is 0 Å². The zero-order valence-corrected chi connectivity index (χ0v) is 14.8. The van der Waals surface area contributed by atoms with Gasteiger partial charge in [0.2, 0.25) is 0 Å². The minimum Gasteiger partial charge on any atom is -0.756 e. The van der Waals surface area contributed by atoms with Crippen LogP contribution in [0.15, 0.2) is 30.3 Å². The van der Waals surface area contributed by atoms with Crippen molar-refractivity contribution in [3.05, 3.63) is 35.9 Å². The van der Waals surface area contributed by atoms with Gasteiger partial charge in [-0.1, -0.05) is 30.3 Å². The summed E-state index contributed by atoms with van der Waals surface area (Å²) in [6, 6.07) is 9.47. The van der Waals surface area contributed by atoms with Crippen LogP contribution in [0.4, 0.5) is 0 Å². The molecule has 0 aliphatic carbocycles. The Kier molecular flexibility index (Phi) is 8.36. The fraction of sp³-hybridized carbons (Fsp3) is 0.600. The maximum Gasteiger partial charge on any atom is 0.268 e. The number of rotatable bonds is 11. The molecular weight excluding hydrogens is 321 g/mol. The van der Waals surface area contributed by atoms with Crippen molar-refractivity contribution in [2.24, 2.45) is 0 Å². The lowest BCUT2D eigenvalue weighted by Crippen LogP contribution is -2.37. The van der Waals surface area contributed by atoms with Gasteiger partial charge < -0.3 is 28.3 Å². The van der Waals surface area contributed by atoms with Crippen LogP contribution in [0.1, 0.15) is 5.56 Å². The monoisotopic (exact) mass is 347 g/mol. The molecule has 0 heterocycles. The van der Waals surface area contributed by atoms with E-state index in [0.29, 0.717) is 17.6 Å². The van der Waals surface area contributed by atoms with Gasteiger partial charge in [-0.2, -0.15) is 0 Å². The summed E-state index contributed by atoms with van der Waals surface area (Å²) in [5.74, 6) is 0. The van der Waals surface area contributed by atoms with Crippen LogP contribution in [0.25, 0.3) is 0 Å². The molecule has 1 N–H and O–H groups in total. The van der Waals surface area contributed by atoms with Gasteiger partial charge in [0.25, 0.3) is 7.82 Å². The Morgan fingerprint density at radius 3 is 2.43 bits per heavy atom. The van der Waals surface area contributed by atoms with Crippen LogP contribution in [-0.4, -0.2) is 63.2 Å². The molecule has 8 heteroatoms. The van der Waals surface area contributed by atoms with E-state index in [0.717, 1.165) is 5.56 Å². The van der Waals surface area contributed by atoms with Crippen LogP contribution in [0.5, 0.6) is 0 Å². The van der Waals surface area contributed by atoms with E-state index in [-0.39, 0.29) is 19.8 Å². The van der Waals surface area contributed by atoms with Gasteiger partial charge in [-0.25, -0.2) is 0 Å². The van der Waals surface area contributed by atoms with E-state index < -0.39 is 13.9 Å². The largest absolute Gasteiger partial charge is 0.756 e. The molecule has 0 radical (unpaired) electrons. The van der Waals surface area contributed by atoms with Gasteiger partial charge in [0, 0.05) is 0 Å². The van der Waals surface area contributed by atoms with Gasteiger partial charge in [0.15, 0.2) is 0 Å². The second-order valence-electron chi connectivity index (χ2n) is 6.24. The Balaban J connectivity index is 2.18. The number of ether oxygens (including phenoxy) is 1. The number of phosphoric ester groups is 1. The third-order valence-electron chi connectivity index (χ3n) is 2.86. The van der Waals surface area contributed by atoms with Gasteiger partial charge in [0.05, 0.1) is 41.0 Å². The molecule has 0 aliphatic rings. The molecule has 1 aromatic carbocycles. The van der Waals surface area contributed by atoms with Crippen molar-refractivity contribution in [1.82, 2.24) is 0 Å². The first-order valence-electron chi connectivity index (χ1n) is 7.38. The summed E-state index contributed by atoms with van der Waals surface area (Å²) in [7, 11) is 1.37. The average Bonchev–Trinajstić information content (AvgIpc) is 2.45. The Morgan fingerprint density at radius 1 is 1.17 bits per heavy atom. The molecule has 0 aliphatic heterocycles. The quantitative estimate of drug-likeness (QED) is 0.470. The molecule has 132 valence electrons. The molecule has 0 fully saturated rings. The first-order valence-corrected chi connectivity index (χ1v) is 8.84. The Hall–Kier alpha value is -0.790. The molecule has 0 aromatic heterocycles. The second kappa shape index (κ2) is 9.49. The second-order valence-corrected chi connectivity index (χ2v) is 7.66. The summed E-state index contributed by atoms with van der Waals surface area (Å²) < 4.78 is 26.8. The van der Waals surface area contributed by atoms with Crippen LogP contribution in [0, 0.1) is 0 Å². The van der Waals surface area contributed by atoms with E-state index >= 15 is 0 Å². The number of likely N-dealkylation sites (N-methyl/N-ethyl adjacent to an activating group) is 1. The molecule has 0 saturated carbocycles. The van der Waals surface area contributed by atoms with Crippen LogP contribution in [0.3, 0.4) is 0 Å². The molecule has 7 nitrogen and oxygen atoms in total. The summed E-state index contributed by atoms with van der Waals surface area (Å²) in [5.41, 5.74) is 0.971. The summed E-state index contributed by atoms with van der Waals surface area (Å²) >= 11 is 0. The number of nitrogens with zero attached hydrogens (tertiary/aromatic N) is 1. The number of hydrogen-bond donors (Lipinski definition) is 1. The van der Waals surface area contributed by atoms with Gasteiger partial charge in [0.1, 0.15) is 19.3 Å². The number of hydrogen-bond acceptors (Lipinski definition) is 6. The fourth-order valence-electron chi connectivity index (χ4n) is 1.58. The van der Waals surface area contributed by atoms with Gasteiger partial charge in [-0.05, 0) is 5.56 Å². The first kappa shape index (κ1) is 20.3. The molecule has 1 rings (SSSR count). The molecule has 0 saturated heterocycles. The van der Waals surface area contributed by atoms with Crippen LogP contribution in [-0.2, 0) is 25.0 Å². The lowest BCUT2D eigenvalue weighted by Gasteiger charge is -2.27. The Morgan fingerprint density at radius 2 is 1.83 bits per heavy atom. The number of aliphatic hydroxyl groups excluding tert-OH is 1. The number of phosphoric acid groups is 1. The van der Waals surface area contributed by atoms with E-state index in [9.17, 15) is 14.6 Å². The van der Waals surface area contributed by atoms with Crippen molar-refractivity contribution in [3.8, 4) is 0 Å². The molecule has 23 heavy (non-hydrogen) atoms. The summed E-state index contributed by atoms with van der Waals surface area (Å²) in [6.07, 6.45) is -1.04. The lowest BCUT2D eigenvalue weighted by molar-refractivity contribution is -0.870. The Bertz CT molecular complexity index is 490. The first-order chi connectivity index (χ1) is 10.7. The predicted octanol–water partition coefficient (Wildman–Crippen LogP) is 0.772. The summed E-state index contributed by atoms with van der Waals surface area (Å²) in [6.45, 7) is 0.490. The predicted molar refractivity (Wildman–Crippen MR) is 84.5 cm³/mol. The molecule has 1 unspecified atom stereocenters. The zero-order valence-electron chi connectivity index (χ0n) is 13.9. The van der Waals surface area contributed by atoms with Gasteiger partial charge in [-0.15, -0.1) is 0 Å². The summed E-state index contributed by atoms with van der Waals surface area (Å²) in [4.78, 5) is 11.5. The third-order valence-corrected chi connectivity index (χ3v) is 3.82. The molecule has 0 bridgehead atoms. The SMILES string of the molecule is C[N+](C)(C)CCOP(=O)([O-])OC[C@@H](O)COCc1ccccc1. The highest BCUT2D eigenvalue weighted by Crippen LogP contribution is 2.38. The standard InChI is InChI=1S/C15H26NO6P/c1-16(2,3)9-10-21-23(18,19)22-13-15(17)12-20-11-14-7-5-4-6-8-14/h4-8,15,17H,9-13H2,1-3H3/t15-/m0/s1. The number of benzene rings is 1. The van der Waals surface area contributed by atoms with E-state index in [1.165, 1.54) is 0 Å². The average molecular weight is 347 g/mol. The fourth-order valence-corrected chi connectivity index (χ4v) is 2.31. The minimum atomic E-state index is -4.40. The third kappa shape index (κ3) is 10.6. The normalized spacial score (nSPS) is 16.0. The van der Waals surface area contributed by atoms with E-state index in [4.69, 9.17) is 9.26 Å². The van der Waals surface area contributed by atoms with Gasteiger partial charge in [-0.3, -0.25) is 4.57 Å². The van der Waals surface area contributed by atoms with Crippen molar-refractivity contribution < 1.29 is 32.8 Å². The highest BCUT2D eigenvalue weighted by Gasteiger charge is 2.15. The van der Waals surface area contributed by atoms with E-state index in [2.05, 4.69) is 4.52 Å². The van der Waals surface area contributed by atoms with Crippen LogP contribution >= 0.6 is 7.82 Å². The molecule has 0 amide bonds. The summed E-state index contributed by atoms with van der Waals surface area (Å²) in [5, 5.41) is 9.68. The van der Waals surface area contributed by atoms with Crippen molar-refractivity contribution >= 4 is 7.82 Å². The van der Waals surface area contributed by atoms with Crippen LogP contribution in [0.2, 0.25) is 0 Å². The van der Waals surface area contributed by atoms with E-state index in [1.807, 2.05) is 51.5 Å². The van der Waals surface area contributed by atoms with Gasteiger partial charge >= 0.3 is 0 Å². The molecule has 2 atom stereocenters. The number of quaternary nitrogens is 1. The zero-order chi connectivity index (χ0) is 17.3. The molecule has 1 aromatic rings. The van der Waals surface area contributed by atoms with E-state index in [1.54, 1.807) is 0 Å². The topological polar surface area (TPSA) is 88.1 Å². The Labute approximate surface area is 137 Å². The molecule has 0 spiro atoms. The molecular formula is C15H26NO6P. The van der Waals surface area contributed by atoms with Crippen molar-refractivity contribution in [2.75, 3.05) is 47.5 Å².